The number of carbonyl (C=O) groups is 1. The number of piperazine rings is 1. The van der Waals surface area contributed by atoms with Gasteiger partial charge in [-0.15, -0.1) is 0 Å². The first-order valence-corrected chi connectivity index (χ1v) is 10.2. The zero-order valence-corrected chi connectivity index (χ0v) is 16.0. The predicted octanol–water partition coefficient (Wildman–Crippen LogP) is -0.00970. The van der Waals surface area contributed by atoms with Crippen LogP contribution < -0.4 is 5.32 Å². The summed E-state index contributed by atoms with van der Waals surface area (Å²) in [6, 6.07) is 0. The Morgan fingerprint density at radius 1 is 1.12 bits per heavy atom. The standard InChI is InChI=1S/C15H27F2N5O3S/c1-12(23)20-7-9-21(10-8-20)15(18-2)19-11-13-3-5-22(6-4-13)26(24,25)14(16)17/h13-14H,3-11H2,1-2H3,(H,18,19). The number of guanidine groups is 1. The van der Waals surface area contributed by atoms with Gasteiger partial charge >= 0.3 is 5.76 Å². The Morgan fingerprint density at radius 2 is 1.65 bits per heavy atom. The summed E-state index contributed by atoms with van der Waals surface area (Å²) in [6.07, 6.45) is 1.07. The van der Waals surface area contributed by atoms with Crippen LogP contribution in [0.1, 0.15) is 19.8 Å². The lowest BCUT2D eigenvalue weighted by molar-refractivity contribution is -0.130. The Bertz CT molecular complexity index is 613. The smallest absolute Gasteiger partial charge is 0.350 e. The SMILES string of the molecule is CN=C(NCC1CCN(S(=O)(=O)C(F)F)CC1)N1CCN(C(C)=O)CC1. The number of rotatable bonds is 4. The molecule has 0 unspecified atom stereocenters. The molecule has 1 amide bonds. The quantitative estimate of drug-likeness (QED) is 0.535. The van der Waals surface area contributed by atoms with Gasteiger partial charge in [0.2, 0.25) is 5.91 Å². The molecule has 2 rings (SSSR count). The highest BCUT2D eigenvalue weighted by Crippen LogP contribution is 2.22. The molecular formula is C15H27F2N5O3S. The first kappa shape index (κ1) is 20.8. The maximum atomic E-state index is 12.6. The van der Waals surface area contributed by atoms with E-state index in [-0.39, 0.29) is 24.9 Å². The minimum Gasteiger partial charge on any atom is -0.356 e. The Hall–Kier alpha value is -1.49. The lowest BCUT2D eigenvalue weighted by Crippen LogP contribution is -2.54. The summed E-state index contributed by atoms with van der Waals surface area (Å²) in [6.45, 7) is 5.11. The molecule has 0 aliphatic carbocycles. The van der Waals surface area contributed by atoms with Crippen molar-refractivity contribution in [2.24, 2.45) is 10.9 Å². The van der Waals surface area contributed by atoms with Gasteiger partial charge in [-0.3, -0.25) is 9.79 Å². The van der Waals surface area contributed by atoms with Crippen molar-refractivity contribution >= 4 is 21.9 Å². The van der Waals surface area contributed by atoms with Gasteiger partial charge in [0.05, 0.1) is 0 Å². The fourth-order valence-corrected chi connectivity index (χ4v) is 4.23. The van der Waals surface area contributed by atoms with Gasteiger partial charge < -0.3 is 15.1 Å². The molecule has 0 radical (unpaired) electrons. The minimum absolute atomic E-state index is 0.0677. The van der Waals surface area contributed by atoms with Crippen LogP contribution in [0.4, 0.5) is 8.78 Å². The average molecular weight is 395 g/mol. The molecule has 2 fully saturated rings. The van der Waals surface area contributed by atoms with Gasteiger partial charge in [-0.2, -0.15) is 13.1 Å². The number of sulfonamides is 1. The topological polar surface area (TPSA) is 85.3 Å². The number of amides is 1. The largest absolute Gasteiger partial charge is 0.356 e. The molecule has 0 bridgehead atoms. The highest BCUT2D eigenvalue weighted by molar-refractivity contribution is 7.89. The van der Waals surface area contributed by atoms with E-state index in [0.29, 0.717) is 45.6 Å². The van der Waals surface area contributed by atoms with Crippen LogP contribution in [0.25, 0.3) is 0 Å². The van der Waals surface area contributed by atoms with E-state index in [2.05, 4.69) is 15.2 Å². The van der Waals surface area contributed by atoms with Gasteiger partial charge in [0.1, 0.15) is 0 Å². The highest BCUT2D eigenvalue weighted by Gasteiger charge is 2.34. The Kier molecular flexibility index (Phi) is 7.16. The number of hydrogen-bond donors (Lipinski definition) is 1. The van der Waals surface area contributed by atoms with E-state index in [1.165, 1.54) is 0 Å². The van der Waals surface area contributed by atoms with Gasteiger partial charge in [-0.1, -0.05) is 0 Å². The van der Waals surface area contributed by atoms with Crippen LogP contribution in [0, 0.1) is 5.92 Å². The molecule has 0 aromatic carbocycles. The monoisotopic (exact) mass is 395 g/mol. The number of halogens is 2. The normalized spacial score (nSPS) is 21.3. The lowest BCUT2D eigenvalue weighted by Gasteiger charge is -2.37. The summed E-state index contributed by atoms with van der Waals surface area (Å²) in [5, 5.41) is 3.29. The molecular weight excluding hydrogens is 368 g/mol. The molecule has 26 heavy (non-hydrogen) atoms. The van der Waals surface area contributed by atoms with Crippen LogP contribution in [0.15, 0.2) is 4.99 Å². The summed E-state index contributed by atoms with van der Waals surface area (Å²) in [5.41, 5.74) is 0. The third-order valence-corrected chi connectivity index (χ3v) is 6.48. The minimum atomic E-state index is -4.47. The molecule has 8 nitrogen and oxygen atoms in total. The number of hydrogen-bond acceptors (Lipinski definition) is 4. The molecule has 0 atom stereocenters. The number of carbonyl (C=O) groups excluding carboxylic acids is 1. The van der Waals surface area contributed by atoms with E-state index in [1.807, 2.05) is 0 Å². The van der Waals surface area contributed by atoms with Gasteiger partial charge in [-0.25, -0.2) is 8.42 Å². The summed E-state index contributed by atoms with van der Waals surface area (Å²) in [5.74, 6) is -2.34. The summed E-state index contributed by atoms with van der Waals surface area (Å²) in [4.78, 5) is 19.5. The molecule has 2 saturated heterocycles. The van der Waals surface area contributed by atoms with E-state index in [9.17, 15) is 22.0 Å². The number of alkyl halides is 2. The summed E-state index contributed by atoms with van der Waals surface area (Å²) in [7, 11) is -2.78. The molecule has 0 spiro atoms. The van der Waals surface area contributed by atoms with E-state index in [4.69, 9.17) is 0 Å². The molecule has 11 heteroatoms. The van der Waals surface area contributed by atoms with Gasteiger partial charge in [0, 0.05) is 59.8 Å². The molecule has 0 saturated carbocycles. The van der Waals surface area contributed by atoms with Crippen LogP contribution in [0.2, 0.25) is 0 Å². The van der Waals surface area contributed by atoms with Crippen molar-refractivity contribution in [2.75, 3.05) is 52.9 Å². The molecule has 150 valence electrons. The number of nitrogens with zero attached hydrogens (tertiary/aromatic N) is 4. The Labute approximate surface area is 153 Å². The molecule has 2 aliphatic heterocycles. The number of nitrogens with one attached hydrogen (secondary N) is 1. The first-order valence-electron chi connectivity index (χ1n) is 8.74. The second-order valence-corrected chi connectivity index (χ2v) is 8.47. The van der Waals surface area contributed by atoms with E-state index in [0.717, 1.165) is 10.3 Å². The number of piperidine rings is 1. The van der Waals surface area contributed by atoms with Crippen molar-refractivity contribution in [3.8, 4) is 0 Å². The molecule has 0 aromatic rings. The van der Waals surface area contributed by atoms with Crippen molar-refractivity contribution in [3.05, 3.63) is 0 Å². The third-order valence-electron chi connectivity index (χ3n) is 4.94. The zero-order valence-electron chi connectivity index (χ0n) is 15.2. The molecule has 2 heterocycles. The van der Waals surface area contributed by atoms with Crippen LogP contribution in [-0.2, 0) is 14.8 Å². The van der Waals surface area contributed by atoms with Crippen LogP contribution in [0.5, 0.6) is 0 Å². The van der Waals surface area contributed by atoms with Crippen molar-refractivity contribution in [1.29, 1.82) is 0 Å². The summed E-state index contributed by atoms with van der Waals surface area (Å²) < 4.78 is 49.0. The highest BCUT2D eigenvalue weighted by atomic mass is 32.2. The van der Waals surface area contributed by atoms with Gasteiger partial charge in [0.15, 0.2) is 5.96 Å². The maximum Gasteiger partial charge on any atom is 0.350 e. The van der Waals surface area contributed by atoms with E-state index >= 15 is 0 Å². The van der Waals surface area contributed by atoms with Crippen molar-refractivity contribution < 1.29 is 22.0 Å². The second kappa shape index (κ2) is 8.94. The fourth-order valence-electron chi connectivity index (χ4n) is 3.28. The predicted molar refractivity (Wildman–Crippen MR) is 94.4 cm³/mol. The van der Waals surface area contributed by atoms with Crippen molar-refractivity contribution in [2.45, 2.75) is 25.5 Å². The van der Waals surface area contributed by atoms with Crippen LogP contribution in [0.3, 0.4) is 0 Å². The van der Waals surface area contributed by atoms with Crippen molar-refractivity contribution in [1.82, 2.24) is 19.4 Å². The number of aliphatic imine (C=N–C) groups is 1. The van der Waals surface area contributed by atoms with Gasteiger partial charge in [0.25, 0.3) is 10.0 Å². The van der Waals surface area contributed by atoms with Crippen molar-refractivity contribution in [3.63, 3.8) is 0 Å². The Balaban J connectivity index is 1.78. The van der Waals surface area contributed by atoms with E-state index < -0.39 is 15.8 Å². The first-order chi connectivity index (χ1) is 12.3. The second-order valence-electron chi connectivity index (χ2n) is 6.57. The van der Waals surface area contributed by atoms with Gasteiger partial charge in [-0.05, 0) is 18.8 Å². The van der Waals surface area contributed by atoms with Crippen LogP contribution >= 0.6 is 0 Å². The zero-order chi connectivity index (χ0) is 19.3. The third kappa shape index (κ3) is 5.03. The average Bonchev–Trinajstić information content (AvgIpc) is 2.63. The molecule has 2 aliphatic rings. The maximum absolute atomic E-state index is 12.6. The Morgan fingerprint density at radius 3 is 2.12 bits per heavy atom. The van der Waals surface area contributed by atoms with E-state index in [1.54, 1.807) is 18.9 Å². The lowest BCUT2D eigenvalue weighted by atomic mass is 9.98. The molecule has 0 aromatic heterocycles. The fraction of sp³-hybridized carbons (Fsp3) is 0.867. The van der Waals surface area contributed by atoms with Crippen LogP contribution in [-0.4, -0.2) is 93.0 Å². The molecule has 1 N–H and O–H groups in total. The summed E-state index contributed by atoms with van der Waals surface area (Å²) >= 11 is 0.